The second-order valence-corrected chi connectivity index (χ2v) is 1.85. The van der Waals surface area contributed by atoms with Crippen molar-refractivity contribution in [2.75, 3.05) is 0 Å². The molecule has 0 amide bonds. The molecular formula is C3F9N. The highest BCUT2D eigenvalue weighted by molar-refractivity contribution is 4.86. The van der Waals surface area contributed by atoms with Crippen LogP contribution >= 0.6 is 0 Å². The van der Waals surface area contributed by atoms with Crippen molar-refractivity contribution >= 4 is 0 Å². The molecule has 0 aromatic heterocycles. The number of halogens is 9. The zero-order valence-corrected chi connectivity index (χ0v) is 5.35. The number of hydrogen-bond donors (Lipinski definition) is 0. The van der Waals surface area contributed by atoms with E-state index in [1.807, 2.05) is 0 Å². The third-order valence-corrected chi connectivity index (χ3v) is 0.946. The van der Waals surface area contributed by atoms with Crippen molar-refractivity contribution in [2.45, 2.75) is 18.1 Å². The first-order valence-electron chi connectivity index (χ1n) is 2.38. The fourth-order valence-electron chi connectivity index (χ4n) is 0.277. The molecule has 10 heteroatoms. The molecule has 0 spiro atoms. The molecule has 0 aliphatic rings. The Balaban J connectivity index is 5.04. The van der Waals surface area contributed by atoms with Crippen molar-refractivity contribution in [3.8, 4) is 0 Å². The maximum atomic E-state index is 11.6. The molecule has 0 bridgehead atoms. The largest absolute Gasteiger partial charge is 0.461 e. The third-order valence-electron chi connectivity index (χ3n) is 0.946. The predicted octanol–water partition coefficient (Wildman–Crippen LogP) is 2.85. The van der Waals surface area contributed by atoms with Crippen LogP contribution in [0, 0.1) is 0 Å². The number of hydrogen-bond acceptors (Lipinski definition) is 1. The van der Waals surface area contributed by atoms with E-state index in [9.17, 15) is 39.7 Å². The molecule has 80 valence electrons. The first-order valence-corrected chi connectivity index (χ1v) is 2.38. The highest BCUT2D eigenvalue weighted by Gasteiger charge is 2.77. The van der Waals surface area contributed by atoms with Crippen molar-refractivity contribution in [3.05, 3.63) is 0 Å². The molecule has 0 aromatic carbocycles. The van der Waals surface area contributed by atoms with Crippen molar-refractivity contribution in [3.63, 3.8) is 0 Å². The Morgan fingerprint density at radius 3 is 1.08 bits per heavy atom. The average molecular weight is 221 g/mol. The molecule has 0 saturated carbocycles. The van der Waals surface area contributed by atoms with Gasteiger partial charge in [0.05, 0.1) is 5.34 Å². The van der Waals surface area contributed by atoms with Crippen LogP contribution in [0.3, 0.4) is 0 Å². The Hall–Kier alpha value is -0.670. The van der Waals surface area contributed by atoms with Crippen LogP contribution in [-0.4, -0.2) is 23.5 Å². The van der Waals surface area contributed by atoms with Gasteiger partial charge < -0.3 is 0 Å². The molecule has 0 N–H and O–H groups in total. The molecule has 0 saturated heterocycles. The quantitative estimate of drug-likeness (QED) is 0.393. The standard InChI is InChI=1S/C3F9N/c4-1(5,2(6,7)8)3(9,10)13(11)12. The lowest BCUT2D eigenvalue weighted by Crippen LogP contribution is -2.56. The lowest BCUT2D eigenvalue weighted by molar-refractivity contribution is -0.450. The second kappa shape index (κ2) is 2.93. The van der Waals surface area contributed by atoms with E-state index in [0.717, 1.165) is 0 Å². The molecule has 0 atom stereocenters. The van der Waals surface area contributed by atoms with Crippen LogP contribution in [0.15, 0.2) is 0 Å². The van der Waals surface area contributed by atoms with E-state index in [1.165, 1.54) is 0 Å². The third kappa shape index (κ3) is 1.81. The highest BCUT2D eigenvalue weighted by Crippen LogP contribution is 2.48. The van der Waals surface area contributed by atoms with Gasteiger partial charge in [0.2, 0.25) is 0 Å². The SMILES string of the molecule is FN(F)C(F)(F)C(F)(F)C(F)(F)F. The maximum Gasteiger partial charge on any atom is 0.461 e. The second-order valence-electron chi connectivity index (χ2n) is 1.85. The van der Waals surface area contributed by atoms with Gasteiger partial charge in [-0.25, -0.2) is 0 Å². The van der Waals surface area contributed by atoms with Gasteiger partial charge in [-0.3, -0.25) is 0 Å². The van der Waals surface area contributed by atoms with E-state index in [1.54, 1.807) is 0 Å². The number of nitrogens with zero attached hydrogens (tertiary/aromatic N) is 1. The number of alkyl halides is 7. The molecule has 0 aromatic rings. The topological polar surface area (TPSA) is 3.24 Å². The summed E-state index contributed by atoms with van der Waals surface area (Å²) in [4.78, 5) is 0. The average Bonchev–Trinajstić information content (AvgIpc) is 1.84. The molecule has 0 heterocycles. The summed E-state index contributed by atoms with van der Waals surface area (Å²) in [7, 11) is 0. The van der Waals surface area contributed by atoms with Crippen LogP contribution < -0.4 is 0 Å². The summed E-state index contributed by atoms with van der Waals surface area (Å²) < 4.78 is 101. The van der Waals surface area contributed by atoms with Gasteiger partial charge in [-0.05, 0) is 0 Å². The van der Waals surface area contributed by atoms with E-state index in [4.69, 9.17) is 0 Å². The van der Waals surface area contributed by atoms with Gasteiger partial charge >= 0.3 is 18.1 Å². The molecule has 1 nitrogen and oxygen atoms in total. The Bertz CT molecular complexity index is 180. The molecule has 0 radical (unpaired) electrons. The van der Waals surface area contributed by atoms with Gasteiger partial charge in [-0.1, -0.05) is 8.96 Å². The summed E-state index contributed by atoms with van der Waals surface area (Å²) in [5.74, 6) is -6.80. The Labute approximate surface area is 64.6 Å². The van der Waals surface area contributed by atoms with Crippen LogP contribution in [0.1, 0.15) is 0 Å². The molecule has 0 unspecified atom stereocenters. The molecule has 13 heavy (non-hydrogen) atoms. The van der Waals surface area contributed by atoms with Crippen LogP contribution in [0.5, 0.6) is 0 Å². The van der Waals surface area contributed by atoms with E-state index in [-0.39, 0.29) is 0 Å². The fraction of sp³-hybridized carbons (Fsp3) is 1.00. The van der Waals surface area contributed by atoms with E-state index in [0.29, 0.717) is 0 Å². The monoisotopic (exact) mass is 221 g/mol. The zero-order chi connectivity index (χ0) is 11.1. The lowest BCUT2D eigenvalue weighted by Gasteiger charge is -2.26. The van der Waals surface area contributed by atoms with E-state index in [2.05, 4.69) is 0 Å². The van der Waals surface area contributed by atoms with Crippen molar-refractivity contribution in [2.24, 2.45) is 0 Å². The van der Waals surface area contributed by atoms with Crippen molar-refractivity contribution in [1.29, 1.82) is 0 Å². The Morgan fingerprint density at radius 2 is 1.00 bits per heavy atom. The van der Waals surface area contributed by atoms with Crippen molar-refractivity contribution in [1.82, 2.24) is 5.34 Å². The van der Waals surface area contributed by atoms with Gasteiger partial charge in [0, 0.05) is 0 Å². The minimum atomic E-state index is -6.80. The van der Waals surface area contributed by atoms with Gasteiger partial charge in [0.1, 0.15) is 0 Å². The molecular weight excluding hydrogens is 221 g/mol. The van der Waals surface area contributed by atoms with Gasteiger partial charge in [-0.2, -0.15) is 30.7 Å². The normalized spacial score (nSPS) is 15.2. The summed E-state index contributed by atoms with van der Waals surface area (Å²) in [5, 5.41) is -3.49. The zero-order valence-electron chi connectivity index (χ0n) is 5.35. The smallest absolute Gasteiger partial charge is 0.187 e. The summed E-state index contributed by atoms with van der Waals surface area (Å²) in [5.41, 5.74) is 0. The van der Waals surface area contributed by atoms with Crippen LogP contribution in [0.4, 0.5) is 39.7 Å². The van der Waals surface area contributed by atoms with Crippen molar-refractivity contribution < 1.29 is 39.7 Å². The number of rotatable bonds is 2. The Morgan fingerprint density at radius 1 is 0.692 bits per heavy atom. The Kier molecular flexibility index (Phi) is 2.77. The van der Waals surface area contributed by atoms with Crippen LogP contribution in [-0.2, 0) is 0 Å². The minimum absolute atomic E-state index is 3.49. The van der Waals surface area contributed by atoms with Crippen LogP contribution in [0.2, 0.25) is 0 Å². The van der Waals surface area contributed by atoms with Gasteiger partial charge in [0.25, 0.3) is 0 Å². The molecule has 0 aliphatic carbocycles. The fourth-order valence-corrected chi connectivity index (χ4v) is 0.277. The lowest BCUT2D eigenvalue weighted by atomic mass is 10.3. The van der Waals surface area contributed by atoms with E-state index < -0.39 is 23.5 Å². The maximum absolute atomic E-state index is 11.6. The van der Waals surface area contributed by atoms with Gasteiger partial charge in [-0.15, -0.1) is 0 Å². The van der Waals surface area contributed by atoms with Gasteiger partial charge in [0.15, 0.2) is 0 Å². The summed E-state index contributed by atoms with van der Waals surface area (Å²) in [6.45, 7) is 0. The minimum Gasteiger partial charge on any atom is -0.187 e. The summed E-state index contributed by atoms with van der Waals surface area (Å²) in [6, 6.07) is -6.58. The first-order chi connectivity index (χ1) is 5.44. The summed E-state index contributed by atoms with van der Waals surface area (Å²) >= 11 is 0. The molecule has 0 fully saturated rings. The van der Waals surface area contributed by atoms with Crippen LogP contribution in [0.25, 0.3) is 0 Å². The molecule has 0 aliphatic heterocycles. The summed E-state index contributed by atoms with van der Waals surface area (Å²) in [6.07, 6.45) is -6.74. The van der Waals surface area contributed by atoms with E-state index >= 15 is 0 Å². The highest BCUT2D eigenvalue weighted by atomic mass is 19.4. The first kappa shape index (κ1) is 12.3. The molecule has 0 rings (SSSR count). The predicted molar refractivity (Wildman–Crippen MR) is 20.0 cm³/mol.